The lowest BCUT2D eigenvalue weighted by Crippen LogP contribution is -2.53. The molecule has 240 valence electrons. The van der Waals surface area contributed by atoms with Crippen LogP contribution < -0.4 is 10.1 Å². The number of nitrogens with one attached hydrogen (secondary N) is 2. The second-order valence-electron chi connectivity index (χ2n) is 14.2. The van der Waals surface area contributed by atoms with Crippen LogP contribution >= 0.6 is 11.6 Å². The van der Waals surface area contributed by atoms with Gasteiger partial charge in [-0.2, -0.15) is 0 Å². The molecule has 3 N–H and O–H groups in total. The van der Waals surface area contributed by atoms with E-state index < -0.39 is 11.5 Å². The summed E-state index contributed by atoms with van der Waals surface area (Å²) in [6.07, 6.45) is 12.0. The number of benzene rings is 2. The number of carboxylic acids is 1. The summed E-state index contributed by atoms with van der Waals surface area (Å²) >= 11 is 6.27. The third kappa shape index (κ3) is 5.70. The normalized spacial score (nSPS) is 25.9. The van der Waals surface area contributed by atoms with Crippen LogP contribution in [0.2, 0.25) is 5.02 Å². The number of carboxylic acid groups (broad SMARTS) is 1. The monoisotopic (exact) mass is 637 g/mol. The average molecular weight is 638 g/mol. The molecule has 2 heterocycles. The van der Waals surface area contributed by atoms with Crippen LogP contribution in [0.4, 0.5) is 5.69 Å². The van der Waals surface area contributed by atoms with Crippen molar-refractivity contribution in [3.05, 3.63) is 100 Å². The van der Waals surface area contributed by atoms with Crippen LogP contribution in [0.15, 0.2) is 73.1 Å². The van der Waals surface area contributed by atoms with Gasteiger partial charge in [0.1, 0.15) is 11.3 Å². The number of rotatable bonds is 9. The summed E-state index contributed by atoms with van der Waals surface area (Å²) in [7, 11) is 0. The van der Waals surface area contributed by atoms with E-state index in [4.69, 9.17) is 16.3 Å². The van der Waals surface area contributed by atoms with Crippen LogP contribution in [0.1, 0.15) is 87.1 Å². The first-order chi connectivity index (χ1) is 22.3. The SMILES string of the molecule is C[C@@H](COc1ccnc2c1[C@H](C)CCC2)CC1Cc2ccc(-c3ccc[nH]3)cc2C12CCC(Nc1cccc(Cl)c1)(C(=O)O)CC2. The van der Waals surface area contributed by atoms with Gasteiger partial charge in [-0.05, 0) is 140 Å². The maximum absolute atomic E-state index is 12.9. The third-order valence-corrected chi connectivity index (χ3v) is 11.4. The number of aromatic nitrogens is 2. The summed E-state index contributed by atoms with van der Waals surface area (Å²) in [5, 5.41) is 14.6. The number of ether oxygens (including phenoxy) is 1. The molecule has 0 amide bonds. The lowest BCUT2D eigenvalue weighted by Gasteiger charge is -2.47. The second-order valence-corrected chi connectivity index (χ2v) is 14.6. The van der Waals surface area contributed by atoms with Crippen molar-refractivity contribution >= 4 is 23.3 Å². The first kappa shape index (κ1) is 30.9. The first-order valence-electron chi connectivity index (χ1n) is 16.9. The van der Waals surface area contributed by atoms with Gasteiger partial charge in [0.2, 0.25) is 0 Å². The Bertz CT molecular complexity index is 1710. The molecule has 3 aliphatic rings. The fourth-order valence-corrected chi connectivity index (χ4v) is 8.97. The molecule has 0 bridgehead atoms. The number of halogens is 1. The van der Waals surface area contributed by atoms with Gasteiger partial charge in [-0.3, -0.25) is 4.98 Å². The molecule has 2 aromatic heterocycles. The zero-order valence-corrected chi connectivity index (χ0v) is 27.6. The van der Waals surface area contributed by atoms with E-state index >= 15 is 0 Å². The number of aromatic amines is 1. The molecule has 2 aromatic carbocycles. The minimum Gasteiger partial charge on any atom is -0.493 e. The standard InChI is InChI=1S/C39H44ClN3O3/c1-25(24-46-35-13-19-42-34-9-3-6-26(2)36(34)35)20-29-21-27-11-12-28(33-10-5-18-41-33)22-32(27)38(29)14-16-39(17-15-38,37(44)45)43-31-8-4-7-30(40)23-31/h4-5,7-8,10-13,18-19,22-23,25-26,29,41,43H,3,6,9,14-17,20-21,24H2,1-2H3,(H,44,45)/t25-,26-,29?,38?,39?/m1/s1. The Morgan fingerprint density at radius 3 is 2.74 bits per heavy atom. The van der Waals surface area contributed by atoms with E-state index in [9.17, 15) is 9.90 Å². The molecule has 3 atom stereocenters. The van der Waals surface area contributed by atoms with E-state index in [1.54, 1.807) is 0 Å². The molecule has 7 rings (SSSR count). The summed E-state index contributed by atoms with van der Waals surface area (Å²) in [6, 6.07) is 20.5. The quantitative estimate of drug-likeness (QED) is 0.170. The van der Waals surface area contributed by atoms with Crippen molar-refractivity contribution in [1.82, 2.24) is 9.97 Å². The summed E-state index contributed by atoms with van der Waals surface area (Å²) < 4.78 is 6.57. The molecule has 0 radical (unpaired) electrons. The Morgan fingerprint density at radius 2 is 1.98 bits per heavy atom. The van der Waals surface area contributed by atoms with E-state index in [-0.39, 0.29) is 5.41 Å². The first-order valence-corrected chi connectivity index (χ1v) is 17.3. The second kappa shape index (κ2) is 12.4. The number of hydrogen-bond donors (Lipinski definition) is 3. The Kier molecular flexibility index (Phi) is 8.35. The number of hydrogen-bond acceptors (Lipinski definition) is 4. The van der Waals surface area contributed by atoms with Gasteiger partial charge in [-0.25, -0.2) is 4.79 Å². The van der Waals surface area contributed by atoms with Crippen molar-refractivity contribution in [2.24, 2.45) is 11.8 Å². The molecule has 1 fully saturated rings. The maximum atomic E-state index is 12.9. The van der Waals surface area contributed by atoms with E-state index in [0.29, 0.717) is 42.2 Å². The van der Waals surface area contributed by atoms with Gasteiger partial charge in [0.05, 0.1) is 6.61 Å². The Balaban J connectivity index is 1.15. The number of H-pyrrole nitrogens is 1. The Hall–Kier alpha value is -3.77. The fraction of sp³-hybridized carbons (Fsp3) is 0.436. The van der Waals surface area contributed by atoms with Gasteiger partial charge in [0, 0.05) is 40.1 Å². The number of aryl methyl sites for hydroxylation is 1. The highest BCUT2D eigenvalue weighted by Crippen LogP contribution is 2.56. The maximum Gasteiger partial charge on any atom is 0.329 e. The number of fused-ring (bicyclic) bond motifs is 3. The highest BCUT2D eigenvalue weighted by Gasteiger charge is 2.54. The zero-order chi connectivity index (χ0) is 31.9. The Morgan fingerprint density at radius 1 is 1.13 bits per heavy atom. The minimum atomic E-state index is -1.04. The minimum absolute atomic E-state index is 0.0918. The molecule has 46 heavy (non-hydrogen) atoms. The van der Waals surface area contributed by atoms with Crippen molar-refractivity contribution in [3.8, 4) is 17.0 Å². The van der Waals surface area contributed by atoms with Gasteiger partial charge in [0.15, 0.2) is 0 Å². The number of aliphatic carboxylic acids is 1. The van der Waals surface area contributed by atoms with Crippen molar-refractivity contribution < 1.29 is 14.6 Å². The van der Waals surface area contributed by atoms with Crippen molar-refractivity contribution in [2.75, 3.05) is 11.9 Å². The largest absolute Gasteiger partial charge is 0.493 e. The van der Waals surface area contributed by atoms with Gasteiger partial charge in [0.25, 0.3) is 0 Å². The van der Waals surface area contributed by atoms with E-state index in [2.05, 4.69) is 53.4 Å². The highest BCUT2D eigenvalue weighted by atomic mass is 35.5. The molecule has 1 saturated carbocycles. The summed E-state index contributed by atoms with van der Waals surface area (Å²) in [5.74, 6) is 1.43. The molecule has 1 spiro atoms. The van der Waals surface area contributed by atoms with Crippen LogP contribution in [0.5, 0.6) is 5.75 Å². The van der Waals surface area contributed by atoms with Crippen LogP contribution in [0, 0.1) is 11.8 Å². The summed E-state index contributed by atoms with van der Waals surface area (Å²) in [5.41, 5.74) is 7.21. The van der Waals surface area contributed by atoms with E-state index in [1.807, 2.05) is 48.8 Å². The predicted octanol–water partition coefficient (Wildman–Crippen LogP) is 9.19. The number of nitrogens with zero attached hydrogens (tertiary/aromatic N) is 1. The molecule has 7 heteroatoms. The number of pyridine rings is 1. The van der Waals surface area contributed by atoms with Crippen molar-refractivity contribution in [2.45, 2.75) is 88.5 Å². The molecular formula is C39H44ClN3O3. The molecular weight excluding hydrogens is 594 g/mol. The van der Waals surface area contributed by atoms with E-state index in [0.717, 1.165) is 49.2 Å². The number of anilines is 1. The molecule has 0 aliphatic heterocycles. The molecule has 0 saturated heterocycles. The zero-order valence-electron chi connectivity index (χ0n) is 26.8. The average Bonchev–Trinajstić information content (AvgIpc) is 3.68. The van der Waals surface area contributed by atoms with Crippen molar-refractivity contribution in [1.29, 1.82) is 0 Å². The molecule has 6 nitrogen and oxygen atoms in total. The molecule has 1 unspecified atom stereocenters. The van der Waals surface area contributed by atoms with Crippen LogP contribution in [0.3, 0.4) is 0 Å². The van der Waals surface area contributed by atoms with Crippen LogP contribution in [0.25, 0.3) is 11.3 Å². The summed E-state index contributed by atoms with van der Waals surface area (Å²) in [6.45, 7) is 5.26. The summed E-state index contributed by atoms with van der Waals surface area (Å²) in [4.78, 5) is 20.9. The third-order valence-electron chi connectivity index (χ3n) is 11.2. The van der Waals surface area contributed by atoms with Crippen LogP contribution in [-0.4, -0.2) is 33.2 Å². The van der Waals surface area contributed by atoms with Gasteiger partial charge >= 0.3 is 5.97 Å². The van der Waals surface area contributed by atoms with Gasteiger partial charge in [-0.1, -0.05) is 43.6 Å². The Labute approximate surface area is 277 Å². The lowest BCUT2D eigenvalue weighted by molar-refractivity contribution is -0.144. The lowest BCUT2D eigenvalue weighted by atomic mass is 9.59. The van der Waals surface area contributed by atoms with Crippen molar-refractivity contribution in [3.63, 3.8) is 0 Å². The fourth-order valence-electron chi connectivity index (χ4n) is 8.78. The molecule has 3 aliphatic carbocycles. The highest BCUT2D eigenvalue weighted by molar-refractivity contribution is 6.30. The van der Waals surface area contributed by atoms with E-state index in [1.165, 1.54) is 40.8 Å². The van der Waals surface area contributed by atoms with Gasteiger partial charge < -0.3 is 20.1 Å². The van der Waals surface area contributed by atoms with Crippen LogP contribution in [-0.2, 0) is 23.1 Å². The molecule has 4 aromatic rings. The van der Waals surface area contributed by atoms with Gasteiger partial charge in [-0.15, -0.1) is 0 Å². The smallest absolute Gasteiger partial charge is 0.329 e. The topological polar surface area (TPSA) is 87.2 Å². The number of carbonyl (C=O) groups is 1. The predicted molar refractivity (Wildman–Crippen MR) is 184 cm³/mol.